The number of hydrogen-bond acceptors (Lipinski definition) is 5. The summed E-state index contributed by atoms with van der Waals surface area (Å²) in [5.74, 6) is 0.843. The monoisotopic (exact) mass is 516 g/mol. The summed E-state index contributed by atoms with van der Waals surface area (Å²) >= 11 is 0. The number of aromatic nitrogens is 1. The molecule has 0 fully saturated rings. The van der Waals surface area contributed by atoms with E-state index in [2.05, 4.69) is 109 Å². The van der Waals surface area contributed by atoms with E-state index in [1.165, 1.54) is 16.4 Å². The van der Waals surface area contributed by atoms with E-state index in [9.17, 15) is 0 Å². The third-order valence-electron chi connectivity index (χ3n) is 7.99. The van der Waals surface area contributed by atoms with Crippen LogP contribution in [0.25, 0.3) is 33.3 Å². The molecule has 0 N–H and O–H groups in total. The zero-order chi connectivity index (χ0) is 27.1. The Hall–Kier alpha value is -2.96. The molecule has 38 heavy (non-hydrogen) atoms. The molecule has 0 radical (unpaired) electrons. The predicted molar refractivity (Wildman–Crippen MR) is 162 cm³/mol. The fourth-order valence-electron chi connectivity index (χ4n) is 5.41. The van der Waals surface area contributed by atoms with Gasteiger partial charge in [-0.1, -0.05) is 45.9 Å². The van der Waals surface area contributed by atoms with E-state index in [0.29, 0.717) is 0 Å². The number of nitrogens with zero attached hydrogens (tertiary/aromatic N) is 5. The Bertz CT molecular complexity index is 1370. The van der Waals surface area contributed by atoms with Crippen LogP contribution in [0.2, 0.25) is 0 Å². The molecule has 1 aliphatic carbocycles. The van der Waals surface area contributed by atoms with Crippen molar-refractivity contribution >= 4 is 27.6 Å². The first-order chi connectivity index (χ1) is 18.6. The molecule has 204 valence electrons. The summed E-state index contributed by atoms with van der Waals surface area (Å²) in [7, 11) is 0. The van der Waals surface area contributed by atoms with E-state index in [-0.39, 0.29) is 0 Å². The van der Waals surface area contributed by atoms with Crippen molar-refractivity contribution in [3.63, 3.8) is 0 Å². The SMILES string of the molecule is CCN(CC)CCN(CC)c1ccc2nc3c4ccccc4c(=[N+](CC)CCN(CC)CC)cc-3oc2c1. The van der Waals surface area contributed by atoms with Crippen LogP contribution in [0.15, 0.2) is 52.9 Å². The Morgan fingerprint density at radius 3 is 2.08 bits per heavy atom. The van der Waals surface area contributed by atoms with E-state index in [1.54, 1.807) is 0 Å². The molecule has 0 aromatic heterocycles. The highest BCUT2D eigenvalue weighted by Crippen LogP contribution is 2.31. The van der Waals surface area contributed by atoms with Gasteiger partial charge < -0.3 is 14.2 Å². The van der Waals surface area contributed by atoms with Gasteiger partial charge in [-0.05, 0) is 58.2 Å². The van der Waals surface area contributed by atoms with Gasteiger partial charge in [-0.15, -0.1) is 0 Å². The van der Waals surface area contributed by atoms with Crippen LogP contribution in [0, 0.1) is 0 Å². The first-order valence-corrected chi connectivity index (χ1v) is 14.6. The summed E-state index contributed by atoms with van der Waals surface area (Å²) in [5, 5.41) is 3.59. The first-order valence-electron chi connectivity index (χ1n) is 14.6. The molecular weight excluding hydrogens is 470 g/mol. The van der Waals surface area contributed by atoms with Crippen molar-refractivity contribution in [1.82, 2.24) is 19.4 Å². The maximum atomic E-state index is 6.62. The molecule has 2 aliphatic rings. The fraction of sp³-hybridized carbons (Fsp3) is 0.500. The van der Waals surface area contributed by atoms with E-state index < -0.39 is 0 Å². The van der Waals surface area contributed by atoms with Gasteiger partial charge >= 0.3 is 0 Å². The van der Waals surface area contributed by atoms with Crippen molar-refractivity contribution in [2.45, 2.75) is 41.5 Å². The van der Waals surface area contributed by atoms with Crippen molar-refractivity contribution in [2.75, 3.05) is 70.3 Å². The van der Waals surface area contributed by atoms with Crippen LogP contribution in [0.1, 0.15) is 41.5 Å². The molecule has 1 aliphatic heterocycles. The quantitative estimate of drug-likeness (QED) is 0.135. The van der Waals surface area contributed by atoms with Crippen molar-refractivity contribution in [2.24, 2.45) is 0 Å². The summed E-state index contributed by atoms with van der Waals surface area (Å²) in [4.78, 5) is 12.5. The summed E-state index contributed by atoms with van der Waals surface area (Å²) < 4.78 is 9.10. The summed E-state index contributed by atoms with van der Waals surface area (Å²) in [6.07, 6.45) is 0. The van der Waals surface area contributed by atoms with Gasteiger partial charge in [0.2, 0.25) is 5.36 Å². The van der Waals surface area contributed by atoms with Crippen molar-refractivity contribution in [3.8, 4) is 11.5 Å². The molecule has 4 rings (SSSR count). The minimum Gasteiger partial charge on any atom is -0.452 e. The smallest absolute Gasteiger partial charge is 0.211 e. The highest BCUT2D eigenvalue weighted by molar-refractivity contribution is 5.96. The normalized spacial score (nSPS) is 12.8. The Morgan fingerprint density at radius 2 is 1.42 bits per heavy atom. The lowest BCUT2D eigenvalue weighted by Crippen LogP contribution is -2.38. The average Bonchev–Trinajstić information content (AvgIpc) is 2.96. The minimum atomic E-state index is 0.837. The Balaban J connectivity index is 1.81. The van der Waals surface area contributed by atoms with Gasteiger partial charge in [-0.2, -0.15) is 0 Å². The number of likely N-dealkylation sites (N-methyl/N-ethyl adjacent to an activating group) is 4. The second kappa shape index (κ2) is 13.2. The highest BCUT2D eigenvalue weighted by Gasteiger charge is 2.19. The molecule has 1 heterocycles. The second-order valence-corrected chi connectivity index (χ2v) is 9.87. The standard InChI is InChI=1S/C32H46N5O/c1-7-34(8-2)19-21-36(11-5)25-17-18-28-30(23-25)38-31-24-29(37(12-6)22-20-35(9-3)10-4)26-15-13-14-16-27(26)32(31)33-28/h13-18,23-24H,7-12,19-22H2,1-6H3/q+1. The number of fused-ring (bicyclic) bond motifs is 4. The van der Waals surface area contributed by atoms with Crippen molar-refractivity contribution in [1.29, 1.82) is 0 Å². The highest BCUT2D eigenvalue weighted by atomic mass is 16.3. The molecule has 6 heteroatoms. The molecule has 6 nitrogen and oxygen atoms in total. The fourth-order valence-corrected chi connectivity index (χ4v) is 5.41. The average molecular weight is 517 g/mol. The number of anilines is 1. The first kappa shape index (κ1) is 28.1. The molecular formula is C32H46N5O+. The van der Waals surface area contributed by atoms with Crippen LogP contribution in [-0.2, 0) is 0 Å². The van der Waals surface area contributed by atoms with Crippen LogP contribution in [0.3, 0.4) is 0 Å². The summed E-state index contributed by atoms with van der Waals surface area (Å²) in [6, 6.07) is 17.3. The third kappa shape index (κ3) is 6.02. The van der Waals surface area contributed by atoms with Crippen LogP contribution in [0.4, 0.5) is 5.69 Å². The third-order valence-corrected chi connectivity index (χ3v) is 7.99. The summed E-state index contributed by atoms with van der Waals surface area (Å²) in [6.45, 7) is 23.7. The topological polar surface area (TPSA) is 38.8 Å². The number of hydrogen-bond donors (Lipinski definition) is 0. The molecule has 0 amide bonds. The molecule has 2 aromatic rings. The van der Waals surface area contributed by atoms with E-state index in [4.69, 9.17) is 9.40 Å². The van der Waals surface area contributed by atoms with Crippen LogP contribution in [0.5, 0.6) is 0 Å². The molecule has 2 aromatic carbocycles. The number of rotatable bonds is 13. The van der Waals surface area contributed by atoms with Crippen molar-refractivity contribution in [3.05, 3.63) is 53.9 Å². The largest absolute Gasteiger partial charge is 0.452 e. The van der Waals surface area contributed by atoms with E-state index >= 15 is 0 Å². The lowest BCUT2D eigenvalue weighted by molar-refractivity contribution is 0.295. The van der Waals surface area contributed by atoms with Gasteiger partial charge in [0.15, 0.2) is 17.9 Å². The van der Waals surface area contributed by atoms with E-state index in [0.717, 1.165) is 93.4 Å². The molecule has 0 unspecified atom stereocenters. The van der Waals surface area contributed by atoms with Gasteiger partial charge in [-0.3, -0.25) is 4.90 Å². The molecule has 0 bridgehead atoms. The predicted octanol–water partition coefficient (Wildman–Crippen LogP) is 5.39. The Morgan fingerprint density at radius 1 is 0.737 bits per heavy atom. The van der Waals surface area contributed by atoms with Gasteiger partial charge in [0, 0.05) is 36.8 Å². The van der Waals surface area contributed by atoms with Gasteiger partial charge in [0.1, 0.15) is 17.8 Å². The van der Waals surface area contributed by atoms with Crippen molar-refractivity contribution < 1.29 is 4.42 Å². The van der Waals surface area contributed by atoms with E-state index in [1.807, 2.05) is 0 Å². The maximum absolute atomic E-state index is 6.62. The molecule has 0 saturated heterocycles. The molecule has 0 saturated carbocycles. The van der Waals surface area contributed by atoms with Crippen LogP contribution < -0.4 is 14.8 Å². The lowest BCUT2D eigenvalue weighted by Gasteiger charge is -2.27. The number of benzene rings is 3. The maximum Gasteiger partial charge on any atom is 0.211 e. The van der Waals surface area contributed by atoms with Gasteiger partial charge in [0.05, 0.1) is 18.0 Å². The van der Waals surface area contributed by atoms with Crippen LogP contribution >= 0.6 is 0 Å². The Labute approximate surface area is 228 Å². The minimum absolute atomic E-state index is 0.837. The molecule has 0 spiro atoms. The second-order valence-electron chi connectivity index (χ2n) is 9.87. The van der Waals surface area contributed by atoms with Gasteiger partial charge in [0.25, 0.3) is 0 Å². The zero-order valence-electron chi connectivity index (χ0n) is 24.3. The Kier molecular flexibility index (Phi) is 9.75. The summed E-state index contributed by atoms with van der Waals surface area (Å²) in [5.41, 5.74) is 3.85. The van der Waals surface area contributed by atoms with Gasteiger partial charge in [-0.25, -0.2) is 9.56 Å². The zero-order valence-corrected chi connectivity index (χ0v) is 24.3. The molecule has 0 atom stereocenters. The van der Waals surface area contributed by atoms with Crippen LogP contribution in [-0.4, -0.2) is 80.2 Å². The lowest BCUT2D eigenvalue weighted by atomic mass is 10.0.